The monoisotopic (exact) mass is 748 g/mol. The Balaban J connectivity index is 1.12. The van der Waals surface area contributed by atoms with E-state index in [1.165, 1.54) is 12.1 Å². The second-order valence-electron chi connectivity index (χ2n) is 13.8. The Kier molecular flexibility index (Phi) is 13.4. The van der Waals surface area contributed by atoms with E-state index in [2.05, 4.69) is 27.0 Å². The largest absolute Gasteiger partial charge is 0.392 e. The topological polar surface area (TPSA) is 130 Å². The molecular weight excluding hydrogens is 701 g/mol. The number of hydrogen-bond acceptors (Lipinski definition) is 8. The number of carbonyl (C=O) groups excluding carboxylic acids is 1. The van der Waals surface area contributed by atoms with Crippen molar-refractivity contribution in [3.63, 3.8) is 0 Å². The van der Waals surface area contributed by atoms with E-state index >= 15 is 0 Å². The van der Waals surface area contributed by atoms with Gasteiger partial charge in [-0.3, -0.25) is 9.78 Å². The first kappa shape index (κ1) is 39.0. The number of carbonyl (C=O) groups is 1. The van der Waals surface area contributed by atoms with Crippen LogP contribution in [0.4, 0.5) is 0 Å². The van der Waals surface area contributed by atoms with E-state index in [1.54, 1.807) is 12.1 Å². The fourth-order valence-electron chi connectivity index (χ4n) is 6.44. The lowest BCUT2D eigenvalue weighted by atomic mass is 9.99. The zero-order chi connectivity index (χ0) is 37.9. The minimum Gasteiger partial charge on any atom is -0.392 e. The molecule has 4 unspecified atom stereocenters. The highest BCUT2D eigenvalue weighted by Crippen LogP contribution is 2.38. The summed E-state index contributed by atoms with van der Waals surface area (Å²) in [6, 6.07) is 36.3. The third kappa shape index (κ3) is 10.9. The average molecular weight is 749 g/mol. The normalized spacial score (nSPS) is 18.0. The van der Waals surface area contributed by atoms with Crippen molar-refractivity contribution >= 4 is 15.9 Å². The number of amides is 1. The molecule has 282 valence electrons. The smallest absolute Gasteiger partial charge is 0.241 e. The minimum absolute atomic E-state index is 0.0231. The van der Waals surface area contributed by atoms with Gasteiger partial charge in [0.15, 0.2) is 6.29 Å². The lowest BCUT2D eigenvalue weighted by Crippen LogP contribution is -2.47. The van der Waals surface area contributed by atoms with Crippen LogP contribution in [0.15, 0.2) is 132 Å². The molecule has 11 heteroatoms. The average Bonchev–Trinajstić information content (AvgIpc) is 3.20. The lowest BCUT2D eigenvalue weighted by molar-refractivity contribution is -0.252. The second-order valence-corrected chi connectivity index (χ2v) is 15.5. The number of rotatable bonds is 16. The number of nitrogens with one attached hydrogen (secondary N) is 2. The molecule has 10 nitrogen and oxygen atoms in total. The van der Waals surface area contributed by atoms with E-state index in [0.29, 0.717) is 13.0 Å². The minimum atomic E-state index is -3.95. The van der Waals surface area contributed by atoms with Gasteiger partial charge in [-0.15, -0.1) is 0 Å². The Morgan fingerprint density at radius 3 is 2.22 bits per heavy atom. The van der Waals surface area contributed by atoms with Crippen molar-refractivity contribution in [3.05, 3.63) is 167 Å². The summed E-state index contributed by atoms with van der Waals surface area (Å²) in [5, 5.41) is 12.5. The maximum atomic E-state index is 13.6. The summed E-state index contributed by atoms with van der Waals surface area (Å²) in [7, 11) is -1.87. The summed E-state index contributed by atoms with van der Waals surface area (Å²) in [4.78, 5) is 20.4. The fourth-order valence-corrected chi connectivity index (χ4v) is 7.63. The summed E-state index contributed by atoms with van der Waals surface area (Å²) in [6.45, 7) is 3.60. The van der Waals surface area contributed by atoms with Gasteiger partial charge in [-0.05, 0) is 66.9 Å². The Hall–Kier alpha value is -4.75. The fraction of sp³-hybridized carbons (Fsp3) is 0.302. The molecule has 0 spiro atoms. The van der Waals surface area contributed by atoms with Crippen molar-refractivity contribution in [1.29, 1.82) is 0 Å². The summed E-state index contributed by atoms with van der Waals surface area (Å²) < 4.78 is 42.3. The van der Waals surface area contributed by atoms with E-state index in [-0.39, 0.29) is 36.7 Å². The van der Waals surface area contributed by atoms with Crippen molar-refractivity contribution in [2.24, 2.45) is 0 Å². The van der Waals surface area contributed by atoms with E-state index in [9.17, 15) is 18.3 Å². The van der Waals surface area contributed by atoms with Gasteiger partial charge in [-0.2, -0.15) is 4.72 Å². The van der Waals surface area contributed by atoms with Crippen LogP contribution in [0.1, 0.15) is 57.9 Å². The predicted octanol–water partition coefficient (Wildman–Crippen LogP) is 5.81. The molecule has 3 N–H and O–H groups in total. The van der Waals surface area contributed by atoms with Crippen LogP contribution < -0.4 is 10.0 Å². The van der Waals surface area contributed by atoms with Crippen LogP contribution in [-0.2, 0) is 50.3 Å². The Labute approximate surface area is 318 Å². The Morgan fingerprint density at radius 1 is 0.852 bits per heavy atom. The van der Waals surface area contributed by atoms with Gasteiger partial charge in [-0.25, -0.2) is 8.42 Å². The van der Waals surface area contributed by atoms with Gasteiger partial charge >= 0.3 is 0 Å². The van der Waals surface area contributed by atoms with Gasteiger partial charge in [0.2, 0.25) is 15.9 Å². The zero-order valence-electron chi connectivity index (χ0n) is 30.7. The molecule has 1 amide bonds. The molecule has 4 aromatic carbocycles. The summed E-state index contributed by atoms with van der Waals surface area (Å²) in [5.74, 6) is -0.428. The van der Waals surface area contributed by atoms with E-state index < -0.39 is 28.3 Å². The number of sulfonamides is 1. The van der Waals surface area contributed by atoms with Crippen LogP contribution in [0.5, 0.6) is 0 Å². The van der Waals surface area contributed by atoms with Gasteiger partial charge in [0.25, 0.3) is 0 Å². The van der Waals surface area contributed by atoms with Crippen LogP contribution >= 0.6 is 0 Å². The summed E-state index contributed by atoms with van der Waals surface area (Å²) >= 11 is 0. The number of pyridine rings is 1. The van der Waals surface area contributed by atoms with E-state index in [0.717, 1.165) is 52.0 Å². The van der Waals surface area contributed by atoms with Crippen LogP contribution in [0.25, 0.3) is 0 Å². The quantitative estimate of drug-likeness (QED) is 0.115. The number of hydrogen-bond donors (Lipinski definition) is 3. The molecule has 5 aromatic rings. The standard InChI is InChI=1S/C43H48N4O6S/c1-31-11-21-39(22-12-31)54(50,51)46-40(26-32-8-4-3-5-9-32)42(49)45-28-33-13-19-36(20-14-33)43-52-38(29-47(2)25-23-37-10-6-7-24-44-37)27-41(53-43)35-17-15-34(30-48)16-18-35/h3-22,24,38,40-41,43,46,48H,23,25-30H2,1-2H3,(H,45,49). The molecule has 6 rings (SSSR count). The Bertz CT molecular complexity index is 2030. The van der Waals surface area contributed by atoms with Crippen LogP contribution in [0, 0.1) is 6.92 Å². The molecule has 1 fully saturated rings. The molecule has 2 heterocycles. The molecule has 0 radical (unpaired) electrons. The molecule has 1 aliphatic heterocycles. The van der Waals surface area contributed by atoms with E-state index in [1.807, 2.05) is 110 Å². The van der Waals surface area contributed by atoms with Gasteiger partial charge in [0, 0.05) is 49.9 Å². The Morgan fingerprint density at radius 2 is 1.54 bits per heavy atom. The van der Waals surface area contributed by atoms with Crippen molar-refractivity contribution < 1.29 is 27.8 Å². The van der Waals surface area contributed by atoms with Crippen molar-refractivity contribution in [2.75, 3.05) is 20.1 Å². The van der Waals surface area contributed by atoms with Gasteiger partial charge in [-0.1, -0.05) is 103 Å². The summed E-state index contributed by atoms with van der Waals surface area (Å²) in [5.41, 5.74) is 6.36. The number of benzene rings is 4. The van der Waals surface area contributed by atoms with Crippen LogP contribution in [-0.4, -0.2) is 61.6 Å². The molecule has 54 heavy (non-hydrogen) atoms. The third-order valence-electron chi connectivity index (χ3n) is 9.55. The SMILES string of the molecule is Cc1ccc(S(=O)(=O)NC(Cc2ccccc2)C(=O)NCc2ccc(C3OC(CN(C)CCc4ccccn4)CC(c4ccc(CO)cc4)O3)cc2)cc1. The molecule has 1 saturated heterocycles. The molecule has 1 aliphatic rings. The van der Waals surface area contributed by atoms with Crippen molar-refractivity contribution in [1.82, 2.24) is 19.9 Å². The highest BCUT2D eigenvalue weighted by molar-refractivity contribution is 7.89. The third-order valence-corrected chi connectivity index (χ3v) is 11.0. The highest BCUT2D eigenvalue weighted by atomic mass is 32.2. The van der Waals surface area contributed by atoms with Crippen molar-refractivity contribution in [2.45, 2.75) is 68.8 Å². The molecule has 0 saturated carbocycles. The first-order chi connectivity index (χ1) is 26.1. The first-order valence-electron chi connectivity index (χ1n) is 18.2. The zero-order valence-corrected chi connectivity index (χ0v) is 31.5. The highest BCUT2D eigenvalue weighted by Gasteiger charge is 2.33. The number of likely N-dealkylation sites (N-methyl/N-ethyl adjacent to an activating group) is 1. The molecule has 0 aliphatic carbocycles. The van der Waals surface area contributed by atoms with E-state index in [4.69, 9.17) is 9.47 Å². The first-order valence-corrected chi connectivity index (χ1v) is 19.7. The molecule has 1 aromatic heterocycles. The second kappa shape index (κ2) is 18.5. The van der Waals surface area contributed by atoms with Crippen LogP contribution in [0.2, 0.25) is 0 Å². The lowest BCUT2D eigenvalue weighted by Gasteiger charge is -2.38. The van der Waals surface area contributed by atoms with Gasteiger partial charge < -0.3 is 24.8 Å². The number of ether oxygens (including phenoxy) is 2. The van der Waals surface area contributed by atoms with Gasteiger partial charge in [0.1, 0.15) is 6.04 Å². The van der Waals surface area contributed by atoms with Gasteiger partial charge in [0.05, 0.1) is 23.7 Å². The van der Waals surface area contributed by atoms with Crippen LogP contribution in [0.3, 0.4) is 0 Å². The number of aromatic nitrogens is 1. The summed E-state index contributed by atoms with van der Waals surface area (Å²) in [6.07, 6.45) is 2.57. The molecular formula is C43H48N4O6S. The number of aliphatic hydroxyl groups excluding tert-OH is 1. The number of aryl methyl sites for hydroxylation is 1. The maximum absolute atomic E-state index is 13.6. The predicted molar refractivity (Wildman–Crippen MR) is 208 cm³/mol. The maximum Gasteiger partial charge on any atom is 0.241 e. The molecule has 0 bridgehead atoms. The van der Waals surface area contributed by atoms with Crippen molar-refractivity contribution in [3.8, 4) is 0 Å². The number of nitrogens with zero attached hydrogens (tertiary/aromatic N) is 2. The number of aliphatic hydroxyl groups is 1. The molecule has 4 atom stereocenters.